The zero-order valence-electron chi connectivity index (χ0n) is 15.6. The van der Waals surface area contributed by atoms with E-state index in [0.717, 1.165) is 16.9 Å². The minimum absolute atomic E-state index is 0.0196. The average Bonchev–Trinajstić information content (AvgIpc) is 3.20. The molecule has 0 atom stereocenters. The molecule has 1 heterocycles. The fourth-order valence-corrected chi connectivity index (χ4v) is 3.74. The molecule has 0 unspecified atom stereocenters. The topological polar surface area (TPSA) is 72.8 Å². The molecule has 0 N–H and O–H groups in total. The lowest BCUT2D eigenvalue weighted by Crippen LogP contribution is -2.13. The van der Waals surface area contributed by atoms with Crippen LogP contribution in [0.5, 0.6) is 0 Å². The molecular weight excluding hydrogens is 403 g/mol. The minimum atomic E-state index is -0.416. The molecule has 0 radical (unpaired) electrons. The Hall–Kier alpha value is -3.91. The Kier molecular flexibility index (Phi) is 5.58. The number of para-hydroxylation sites is 1. The number of halogens is 1. The second kappa shape index (κ2) is 8.62. The molecule has 6 nitrogen and oxygen atoms in total. The van der Waals surface area contributed by atoms with Crippen molar-refractivity contribution in [3.8, 4) is 16.9 Å². The number of benzene rings is 3. The number of non-ortho nitro benzene ring substituents is 1. The Morgan fingerprint density at radius 2 is 1.77 bits per heavy atom. The van der Waals surface area contributed by atoms with Crippen LogP contribution in [0.2, 0.25) is 0 Å². The fourth-order valence-electron chi connectivity index (χ4n) is 2.88. The summed E-state index contributed by atoms with van der Waals surface area (Å²) in [6.45, 7) is 0. The van der Waals surface area contributed by atoms with Crippen LogP contribution in [0.3, 0.4) is 0 Å². The highest BCUT2D eigenvalue weighted by molar-refractivity contribution is 7.07. The van der Waals surface area contributed by atoms with E-state index in [0.29, 0.717) is 10.4 Å². The van der Waals surface area contributed by atoms with E-state index < -0.39 is 4.92 Å². The number of aromatic nitrogens is 1. The van der Waals surface area contributed by atoms with E-state index in [2.05, 4.69) is 10.2 Å². The zero-order valence-corrected chi connectivity index (χ0v) is 16.4. The van der Waals surface area contributed by atoms with Gasteiger partial charge in [0.15, 0.2) is 0 Å². The first-order valence-electron chi connectivity index (χ1n) is 8.95. The van der Waals surface area contributed by atoms with Crippen LogP contribution in [0.1, 0.15) is 5.56 Å². The molecule has 148 valence electrons. The van der Waals surface area contributed by atoms with Gasteiger partial charge in [-0.05, 0) is 29.8 Å². The lowest BCUT2D eigenvalue weighted by molar-refractivity contribution is -0.384. The molecule has 0 aliphatic carbocycles. The van der Waals surface area contributed by atoms with Gasteiger partial charge in [0, 0.05) is 28.8 Å². The van der Waals surface area contributed by atoms with Crippen molar-refractivity contribution in [2.24, 2.45) is 10.2 Å². The SMILES string of the molecule is O=[N+]([O-])c1cccc(-c2cs/c(=N\N=C/c3ccc(F)cc3)n2-c2ccccc2)c1. The first kappa shape index (κ1) is 19.4. The van der Waals surface area contributed by atoms with Crippen LogP contribution in [0.25, 0.3) is 16.9 Å². The summed E-state index contributed by atoms with van der Waals surface area (Å²) in [7, 11) is 0. The van der Waals surface area contributed by atoms with Crippen LogP contribution < -0.4 is 4.80 Å². The number of nitro groups is 1. The molecule has 0 spiro atoms. The lowest BCUT2D eigenvalue weighted by atomic mass is 10.1. The van der Waals surface area contributed by atoms with E-state index >= 15 is 0 Å². The van der Waals surface area contributed by atoms with Crippen LogP contribution >= 0.6 is 11.3 Å². The summed E-state index contributed by atoms with van der Waals surface area (Å²) >= 11 is 1.37. The third-order valence-electron chi connectivity index (χ3n) is 4.30. The summed E-state index contributed by atoms with van der Waals surface area (Å²) in [4.78, 5) is 11.4. The monoisotopic (exact) mass is 418 g/mol. The number of hydrogen-bond donors (Lipinski definition) is 0. The lowest BCUT2D eigenvalue weighted by Gasteiger charge is -2.08. The van der Waals surface area contributed by atoms with Gasteiger partial charge in [-0.2, -0.15) is 5.10 Å². The summed E-state index contributed by atoms with van der Waals surface area (Å²) in [5.74, 6) is -0.314. The van der Waals surface area contributed by atoms with Crippen molar-refractivity contribution in [2.75, 3.05) is 0 Å². The number of thiazole rings is 1. The van der Waals surface area contributed by atoms with Crippen molar-refractivity contribution in [1.29, 1.82) is 0 Å². The van der Waals surface area contributed by atoms with Gasteiger partial charge in [0.05, 0.1) is 16.8 Å². The normalized spacial score (nSPS) is 11.8. The second-order valence-corrected chi connectivity index (χ2v) is 7.11. The average molecular weight is 418 g/mol. The van der Waals surface area contributed by atoms with E-state index in [1.807, 2.05) is 46.3 Å². The van der Waals surface area contributed by atoms with Crippen LogP contribution in [0.4, 0.5) is 10.1 Å². The standard InChI is InChI=1S/C22H15FN4O2S/c23-18-11-9-16(10-12-18)14-24-25-22-26(19-6-2-1-3-7-19)21(15-30-22)17-5-4-8-20(13-17)27(28)29/h1-15H/b24-14-,25-22-. The van der Waals surface area contributed by atoms with Gasteiger partial charge in [0.1, 0.15) is 5.82 Å². The Morgan fingerprint density at radius 1 is 1.00 bits per heavy atom. The van der Waals surface area contributed by atoms with Crippen molar-refractivity contribution in [2.45, 2.75) is 0 Å². The Balaban J connectivity index is 1.81. The van der Waals surface area contributed by atoms with Crippen molar-refractivity contribution in [1.82, 2.24) is 4.57 Å². The maximum Gasteiger partial charge on any atom is 0.270 e. The van der Waals surface area contributed by atoms with Crippen LogP contribution in [0.15, 0.2) is 94.4 Å². The Morgan fingerprint density at radius 3 is 2.50 bits per heavy atom. The summed E-state index contributed by atoms with van der Waals surface area (Å²) < 4.78 is 14.9. The van der Waals surface area contributed by atoms with Gasteiger partial charge < -0.3 is 0 Å². The van der Waals surface area contributed by atoms with Crippen molar-refractivity contribution >= 4 is 23.2 Å². The summed E-state index contributed by atoms with van der Waals surface area (Å²) in [5, 5.41) is 21.5. The second-order valence-electron chi connectivity index (χ2n) is 6.28. The third kappa shape index (κ3) is 4.23. The molecule has 0 saturated carbocycles. The molecule has 0 fully saturated rings. The van der Waals surface area contributed by atoms with Gasteiger partial charge in [0.2, 0.25) is 4.80 Å². The van der Waals surface area contributed by atoms with E-state index in [-0.39, 0.29) is 11.5 Å². The predicted octanol–water partition coefficient (Wildman–Crippen LogP) is 5.19. The smallest absolute Gasteiger partial charge is 0.270 e. The molecule has 4 aromatic rings. The maximum atomic E-state index is 13.0. The third-order valence-corrected chi connectivity index (χ3v) is 5.11. The Bertz CT molecular complexity index is 1280. The fraction of sp³-hybridized carbons (Fsp3) is 0. The van der Waals surface area contributed by atoms with E-state index in [1.165, 1.54) is 35.6 Å². The predicted molar refractivity (Wildman–Crippen MR) is 115 cm³/mol. The molecule has 0 aliphatic heterocycles. The largest absolute Gasteiger partial charge is 0.284 e. The van der Waals surface area contributed by atoms with Crippen LogP contribution in [-0.4, -0.2) is 15.7 Å². The molecule has 4 rings (SSSR count). The molecule has 0 amide bonds. The van der Waals surface area contributed by atoms with E-state index in [4.69, 9.17) is 0 Å². The molecule has 0 aliphatic rings. The molecule has 3 aromatic carbocycles. The van der Waals surface area contributed by atoms with Gasteiger partial charge in [-0.1, -0.05) is 42.5 Å². The summed E-state index contributed by atoms with van der Waals surface area (Å²) in [6, 6.07) is 22.0. The first-order chi connectivity index (χ1) is 14.6. The Labute approximate surface area is 175 Å². The van der Waals surface area contributed by atoms with Crippen LogP contribution in [0, 0.1) is 15.9 Å². The highest BCUT2D eigenvalue weighted by Crippen LogP contribution is 2.26. The van der Waals surface area contributed by atoms with Crippen LogP contribution in [-0.2, 0) is 0 Å². The first-order valence-corrected chi connectivity index (χ1v) is 9.83. The quantitative estimate of drug-likeness (QED) is 0.254. The van der Waals surface area contributed by atoms with Gasteiger partial charge in [-0.15, -0.1) is 16.4 Å². The van der Waals surface area contributed by atoms with E-state index in [9.17, 15) is 14.5 Å². The molecule has 0 saturated heterocycles. The summed E-state index contributed by atoms with van der Waals surface area (Å²) in [6.07, 6.45) is 1.54. The zero-order chi connectivity index (χ0) is 20.9. The highest BCUT2D eigenvalue weighted by Gasteiger charge is 2.13. The number of hydrogen-bond acceptors (Lipinski definition) is 5. The summed E-state index contributed by atoms with van der Waals surface area (Å²) in [5.41, 5.74) is 3.07. The van der Waals surface area contributed by atoms with Crippen molar-refractivity contribution in [3.63, 3.8) is 0 Å². The number of nitro benzene ring substituents is 1. The number of rotatable bonds is 5. The maximum absolute atomic E-state index is 13.0. The molecular formula is C22H15FN4O2S. The molecule has 1 aromatic heterocycles. The van der Waals surface area contributed by atoms with Gasteiger partial charge in [0.25, 0.3) is 5.69 Å². The van der Waals surface area contributed by atoms with E-state index in [1.54, 1.807) is 24.4 Å². The van der Waals surface area contributed by atoms with Crippen molar-refractivity contribution in [3.05, 3.63) is 111 Å². The molecule has 8 heteroatoms. The van der Waals surface area contributed by atoms with Gasteiger partial charge in [-0.25, -0.2) is 4.39 Å². The highest BCUT2D eigenvalue weighted by atomic mass is 32.1. The molecule has 0 bridgehead atoms. The van der Waals surface area contributed by atoms with Gasteiger partial charge in [-0.3, -0.25) is 14.7 Å². The van der Waals surface area contributed by atoms with Crippen molar-refractivity contribution < 1.29 is 9.31 Å². The number of nitrogens with zero attached hydrogens (tertiary/aromatic N) is 4. The van der Waals surface area contributed by atoms with Gasteiger partial charge >= 0.3 is 0 Å². The minimum Gasteiger partial charge on any atom is -0.284 e. The molecule has 30 heavy (non-hydrogen) atoms.